The minimum atomic E-state index is -6.49. The standard InChI is InChI=1S/C46H56F3N5O13S2/c1-7-9-21-53(23-27-65-44(57)50-19-25-63-42(55)31(3)4)33-15-17-35-38(29-33)67-39-30-34(54(22-10-8-2)24-28-66-45(58)51-20-26-64-43(56)32(5)6)16-18-36(39)41(35)37-13-11-12-14-40(37)68(59,60)52-69(61,62)46(47,48)49/h11-18,29-30H,3,5,7-10,19-28H2,1-2,4,6H3,(H,50,57)(H,51,58). The largest absolute Gasteiger partial charge is 0.480 e. The van der Waals surface area contributed by atoms with Crippen molar-refractivity contribution in [3.8, 4) is 22.5 Å². The van der Waals surface area contributed by atoms with Crippen molar-refractivity contribution in [3.05, 3.63) is 94.5 Å². The van der Waals surface area contributed by atoms with Crippen LogP contribution in [-0.4, -0.2) is 112 Å². The molecule has 2 aromatic rings. The van der Waals surface area contributed by atoms with Crippen LogP contribution in [-0.2, 0) is 48.6 Å². The number of alkyl halides is 3. The number of rotatable bonds is 25. The average molecular weight is 1010 g/mol. The van der Waals surface area contributed by atoms with Crippen LogP contribution in [0.2, 0.25) is 0 Å². The molecule has 23 heteroatoms. The second-order valence-corrected chi connectivity index (χ2v) is 18.8. The normalized spacial score (nSPS) is 12.2. The number of amides is 2. The predicted octanol–water partition coefficient (Wildman–Crippen LogP) is 6.99. The molecule has 0 aromatic heterocycles. The molecule has 2 aromatic carbocycles. The van der Waals surface area contributed by atoms with Crippen molar-refractivity contribution in [1.82, 2.24) is 15.2 Å². The lowest BCUT2D eigenvalue weighted by Crippen LogP contribution is -2.36. The van der Waals surface area contributed by atoms with Gasteiger partial charge in [0, 0.05) is 64.0 Å². The van der Waals surface area contributed by atoms with Crippen molar-refractivity contribution >= 4 is 60.8 Å². The van der Waals surface area contributed by atoms with E-state index >= 15 is 0 Å². The highest BCUT2D eigenvalue weighted by atomic mass is 32.3. The second-order valence-electron chi connectivity index (χ2n) is 15.4. The molecular formula is C46H56F3N5O13S2. The van der Waals surface area contributed by atoms with E-state index in [4.69, 9.17) is 23.4 Å². The Morgan fingerprint density at radius 2 is 1.35 bits per heavy atom. The van der Waals surface area contributed by atoms with Gasteiger partial charge in [0.2, 0.25) is 5.36 Å². The molecule has 1 heterocycles. The molecule has 1 aliphatic heterocycles. The van der Waals surface area contributed by atoms with Gasteiger partial charge in [-0.1, -0.05) is 58.0 Å². The number of alkyl carbamates (subject to hydrolysis) is 2. The Hall–Kier alpha value is -6.46. The number of carbonyl (C=O) groups excluding carboxylic acids is 4. The summed E-state index contributed by atoms with van der Waals surface area (Å²) in [6.07, 6.45) is 1.55. The Kier molecular flexibility index (Phi) is 20.2. The number of nitrogens with one attached hydrogen (secondary N) is 2. The summed E-state index contributed by atoms with van der Waals surface area (Å²) >= 11 is 0. The lowest BCUT2D eigenvalue weighted by Gasteiger charge is -2.26. The third-order valence-electron chi connectivity index (χ3n) is 10.0. The molecule has 1 aliphatic carbocycles. The van der Waals surface area contributed by atoms with E-state index in [1.807, 2.05) is 23.3 Å². The van der Waals surface area contributed by atoms with E-state index < -0.39 is 54.6 Å². The van der Waals surface area contributed by atoms with Gasteiger partial charge in [-0.3, -0.25) is 0 Å². The third kappa shape index (κ3) is 15.8. The van der Waals surface area contributed by atoms with Crippen molar-refractivity contribution in [2.75, 3.05) is 70.6 Å². The van der Waals surface area contributed by atoms with Gasteiger partial charge >= 0.3 is 29.6 Å². The first-order valence-electron chi connectivity index (χ1n) is 21.8. The van der Waals surface area contributed by atoms with Gasteiger partial charge in [0.15, 0.2) is 23.2 Å². The Morgan fingerprint density at radius 1 is 0.739 bits per heavy atom. The molecule has 2 N–H and O–H groups in total. The van der Waals surface area contributed by atoms with E-state index in [1.54, 1.807) is 36.4 Å². The Bertz CT molecular complexity index is 2780. The van der Waals surface area contributed by atoms with Crippen molar-refractivity contribution < 1.29 is 72.5 Å². The van der Waals surface area contributed by atoms with Crippen LogP contribution >= 0.6 is 0 Å². The first kappa shape index (κ1) is 55.1. The molecule has 376 valence electrons. The third-order valence-corrected chi connectivity index (χ3v) is 13.1. The van der Waals surface area contributed by atoms with Gasteiger partial charge < -0.3 is 43.0 Å². The lowest BCUT2D eigenvalue weighted by molar-refractivity contribution is -0.139. The minimum absolute atomic E-state index is 0.00266. The summed E-state index contributed by atoms with van der Waals surface area (Å²) in [5.74, 6) is -1.01. The number of nitrogens with zero attached hydrogens (tertiary/aromatic N) is 3. The van der Waals surface area contributed by atoms with E-state index in [9.17, 15) is 49.2 Å². The van der Waals surface area contributed by atoms with Gasteiger partial charge in [-0.25, -0.2) is 40.6 Å². The van der Waals surface area contributed by atoms with Crippen LogP contribution in [0.4, 0.5) is 28.4 Å². The van der Waals surface area contributed by atoms with Crippen molar-refractivity contribution in [1.29, 1.82) is 0 Å². The van der Waals surface area contributed by atoms with Gasteiger partial charge in [-0.15, -0.1) is 0 Å². The first-order valence-corrected chi connectivity index (χ1v) is 24.7. The molecule has 0 spiro atoms. The Labute approximate surface area is 398 Å². The van der Waals surface area contributed by atoms with E-state index in [2.05, 4.69) is 27.9 Å². The molecule has 0 atom stereocenters. The van der Waals surface area contributed by atoms with Crippen LogP contribution in [0, 0.1) is 0 Å². The summed E-state index contributed by atoms with van der Waals surface area (Å²) in [6, 6.07) is 15.0. The van der Waals surface area contributed by atoms with E-state index in [1.165, 1.54) is 32.0 Å². The molecule has 2 aliphatic rings. The second kappa shape index (κ2) is 25.2. The molecular weight excluding hydrogens is 952 g/mol. The number of esters is 2. The van der Waals surface area contributed by atoms with Crippen LogP contribution in [0.1, 0.15) is 53.4 Å². The van der Waals surface area contributed by atoms with Gasteiger partial charge in [0.1, 0.15) is 47.7 Å². The van der Waals surface area contributed by atoms with Crippen molar-refractivity contribution in [2.45, 2.75) is 63.8 Å². The zero-order valence-corrected chi connectivity index (χ0v) is 40.3. The fourth-order valence-electron chi connectivity index (χ4n) is 6.54. The average Bonchev–Trinajstić information content (AvgIpc) is 3.29. The van der Waals surface area contributed by atoms with Crippen LogP contribution < -0.4 is 25.5 Å². The number of fused-ring (bicyclic) bond motifs is 2. The summed E-state index contributed by atoms with van der Waals surface area (Å²) < 4.78 is 123. The first-order chi connectivity index (χ1) is 32.6. The van der Waals surface area contributed by atoms with Gasteiger partial charge in [-0.2, -0.15) is 13.2 Å². The summed E-state index contributed by atoms with van der Waals surface area (Å²) in [6.45, 7) is 15.0. The Balaban J connectivity index is 1.80. The maximum atomic E-state index is 13.6. The maximum absolute atomic E-state index is 13.6. The molecule has 0 unspecified atom stereocenters. The maximum Gasteiger partial charge on any atom is 0.480 e. The number of anilines is 1. The van der Waals surface area contributed by atoms with Crippen LogP contribution in [0.25, 0.3) is 37.5 Å². The molecule has 0 saturated carbocycles. The van der Waals surface area contributed by atoms with E-state index in [0.29, 0.717) is 35.1 Å². The van der Waals surface area contributed by atoms with Crippen LogP contribution in [0.3, 0.4) is 0 Å². The monoisotopic (exact) mass is 1010 g/mol. The van der Waals surface area contributed by atoms with Crippen LogP contribution in [0.5, 0.6) is 0 Å². The number of sulfonamides is 2. The van der Waals surface area contributed by atoms with Gasteiger partial charge in [0.05, 0.1) is 30.6 Å². The molecule has 0 saturated heterocycles. The molecule has 0 bridgehead atoms. The van der Waals surface area contributed by atoms with Crippen molar-refractivity contribution in [2.24, 2.45) is 0 Å². The topological polar surface area (TPSA) is 231 Å². The summed E-state index contributed by atoms with van der Waals surface area (Å²) in [5.41, 5.74) is -4.48. The number of benzene rings is 3. The zero-order valence-electron chi connectivity index (χ0n) is 38.7. The Morgan fingerprint density at radius 3 is 1.94 bits per heavy atom. The number of halogens is 3. The fourth-order valence-corrected chi connectivity index (χ4v) is 8.93. The SMILES string of the molecule is C=C(C)C(=O)OCCNC(=O)OCCN(CCCC)c1ccc2c(-c3ccccc3S(=O)(=O)[N-]S(=O)(=O)C(F)(F)F)c3ccc(=[N+](CCCC)CCOC(=O)NCCOC(=O)C(=C)C)cc-3oc2c1. The fraction of sp³-hybridized carbons (Fsp3) is 0.413. The number of unbranched alkanes of at least 4 members (excludes halogenated alkanes) is 2. The molecule has 4 rings (SSSR count). The summed E-state index contributed by atoms with van der Waals surface area (Å²) in [4.78, 5) is 49.2. The molecule has 0 fully saturated rings. The van der Waals surface area contributed by atoms with E-state index in [0.717, 1.165) is 31.7 Å². The smallest absolute Gasteiger partial charge is 0.460 e. The highest BCUT2D eigenvalue weighted by molar-refractivity contribution is 8.12. The van der Waals surface area contributed by atoms with Gasteiger partial charge in [0.25, 0.3) is 0 Å². The quantitative estimate of drug-likeness (QED) is 0.0170. The van der Waals surface area contributed by atoms with Crippen LogP contribution in [0.15, 0.2) is 94.3 Å². The lowest BCUT2D eigenvalue weighted by atomic mass is 9.93. The zero-order chi connectivity index (χ0) is 50.9. The van der Waals surface area contributed by atoms with Crippen molar-refractivity contribution in [3.63, 3.8) is 0 Å². The number of ether oxygens (including phenoxy) is 4. The molecule has 0 radical (unpaired) electrons. The van der Waals surface area contributed by atoms with Gasteiger partial charge in [-0.05, 0) is 44.5 Å². The molecule has 18 nitrogen and oxygen atoms in total. The molecule has 2 amide bonds. The number of hydrogen-bond acceptors (Lipinski definition) is 14. The predicted molar refractivity (Wildman–Crippen MR) is 251 cm³/mol. The highest BCUT2D eigenvalue weighted by Gasteiger charge is 2.41. The molecule has 69 heavy (non-hydrogen) atoms. The number of carbonyl (C=O) groups is 4. The highest BCUT2D eigenvalue weighted by Crippen LogP contribution is 2.44. The summed E-state index contributed by atoms with van der Waals surface area (Å²) in [7, 11) is -12.0. The van der Waals surface area contributed by atoms with E-state index in [-0.39, 0.29) is 86.2 Å². The minimum Gasteiger partial charge on any atom is -0.460 e. The number of hydrogen-bond donors (Lipinski definition) is 2. The summed E-state index contributed by atoms with van der Waals surface area (Å²) in [5, 5.41) is 5.90.